The molecule has 1 aromatic heterocycles. The molecule has 3 heteroatoms. The highest BCUT2D eigenvalue weighted by atomic mass is 15.2. The van der Waals surface area contributed by atoms with Crippen molar-refractivity contribution in [3.63, 3.8) is 0 Å². The van der Waals surface area contributed by atoms with Crippen molar-refractivity contribution in [1.82, 2.24) is 4.98 Å². The SMILES string of the molecule is N#CCCN(c1ccccc1)c1ccc2ccccc2n1. The van der Waals surface area contributed by atoms with Crippen molar-refractivity contribution in [3.8, 4) is 6.07 Å². The predicted octanol–water partition coefficient (Wildman–Crippen LogP) is 4.29. The van der Waals surface area contributed by atoms with Crippen LogP contribution in [0.3, 0.4) is 0 Å². The molecule has 0 bridgehead atoms. The van der Waals surface area contributed by atoms with Crippen molar-refractivity contribution >= 4 is 22.4 Å². The highest BCUT2D eigenvalue weighted by Gasteiger charge is 2.10. The zero-order chi connectivity index (χ0) is 14.5. The molecule has 0 radical (unpaired) electrons. The number of anilines is 2. The lowest BCUT2D eigenvalue weighted by molar-refractivity contribution is 0.931. The third kappa shape index (κ3) is 2.85. The first kappa shape index (κ1) is 13.1. The van der Waals surface area contributed by atoms with E-state index in [9.17, 15) is 0 Å². The van der Waals surface area contributed by atoms with Crippen molar-refractivity contribution < 1.29 is 0 Å². The van der Waals surface area contributed by atoms with Gasteiger partial charge >= 0.3 is 0 Å². The summed E-state index contributed by atoms with van der Waals surface area (Å²) in [7, 11) is 0. The van der Waals surface area contributed by atoms with E-state index in [0.717, 1.165) is 22.4 Å². The first-order valence-corrected chi connectivity index (χ1v) is 6.94. The number of aromatic nitrogens is 1. The molecule has 0 amide bonds. The molecular formula is C18H15N3. The highest BCUT2D eigenvalue weighted by Crippen LogP contribution is 2.25. The van der Waals surface area contributed by atoms with Gasteiger partial charge < -0.3 is 4.90 Å². The number of rotatable bonds is 4. The number of nitrogens with zero attached hydrogens (tertiary/aromatic N) is 3. The van der Waals surface area contributed by atoms with E-state index in [2.05, 4.69) is 17.0 Å². The standard InChI is InChI=1S/C18H15N3/c19-13-6-14-21(16-8-2-1-3-9-16)18-12-11-15-7-4-5-10-17(15)20-18/h1-5,7-12H,6,14H2. The fourth-order valence-electron chi connectivity index (χ4n) is 2.35. The summed E-state index contributed by atoms with van der Waals surface area (Å²) in [5.41, 5.74) is 2.02. The van der Waals surface area contributed by atoms with Gasteiger partial charge in [-0.2, -0.15) is 5.26 Å². The van der Waals surface area contributed by atoms with Gasteiger partial charge in [-0.25, -0.2) is 4.98 Å². The Hall–Kier alpha value is -2.86. The summed E-state index contributed by atoms with van der Waals surface area (Å²) >= 11 is 0. The van der Waals surface area contributed by atoms with Crippen LogP contribution in [0.25, 0.3) is 10.9 Å². The zero-order valence-electron chi connectivity index (χ0n) is 11.6. The van der Waals surface area contributed by atoms with E-state index in [0.29, 0.717) is 13.0 Å². The highest BCUT2D eigenvalue weighted by molar-refractivity contribution is 5.81. The first-order valence-electron chi connectivity index (χ1n) is 6.94. The summed E-state index contributed by atoms with van der Waals surface area (Å²) in [6.07, 6.45) is 0.462. The molecule has 0 aliphatic rings. The van der Waals surface area contributed by atoms with E-state index in [1.165, 1.54) is 0 Å². The number of nitriles is 1. The van der Waals surface area contributed by atoms with Crippen LogP contribution in [0.4, 0.5) is 11.5 Å². The van der Waals surface area contributed by atoms with E-state index in [-0.39, 0.29) is 0 Å². The molecule has 0 aliphatic heterocycles. The van der Waals surface area contributed by atoms with Gasteiger partial charge in [-0.1, -0.05) is 36.4 Å². The summed E-state index contributed by atoms with van der Waals surface area (Å²) in [5, 5.41) is 10.0. The molecule has 21 heavy (non-hydrogen) atoms. The number of hydrogen-bond donors (Lipinski definition) is 0. The molecule has 0 aliphatic carbocycles. The van der Waals surface area contributed by atoms with Gasteiger partial charge in [0.1, 0.15) is 5.82 Å². The summed E-state index contributed by atoms with van der Waals surface area (Å²) < 4.78 is 0. The van der Waals surface area contributed by atoms with Crippen molar-refractivity contribution in [2.75, 3.05) is 11.4 Å². The molecule has 0 spiro atoms. The Labute approximate surface area is 124 Å². The number of benzene rings is 2. The number of fused-ring (bicyclic) bond motifs is 1. The number of para-hydroxylation sites is 2. The summed E-state index contributed by atoms with van der Waals surface area (Å²) in [6, 6.07) is 24.4. The van der Waals surface area contributed by atoms with Gasteiger partial charge in [0.25, 0.3) is 0 Å². The molecule has 0 N–H and O–H groups in total. The van der Waals surface area contributed by atoms with E-state index in [4.69, 9.17) is 10.2 Å². The fraction of sp³-hybridized carbons (Fsp3) is 0.111. The van der Waals surface area contributed by atoms with Gasteiger partial charge in [0.2, 0.25) is 0 Å². The Balaban J connectivity index is 2.03. The normalized spacial score (nSPS) is 10.2. The lowest BCUT2D eigenvalue weighted by Crippen LogP contribution is -2.19. The second kappa shape index (κ2) is 6.06. The molecule has 1 heterocycles. The molecular weight excluding hydrogens is 258 g/mol. The maximum absolute atomic E-state index is 8.88. The average Bonchev–Trinajstić information content (AvgIpc) is 2.56. The maximum Gasteiger partial charge on any atom is 0.133 e. The largest absolute Gasteiger partial charge is 0.325 e. The number of hydrogen-bond acceptors (Lipinski definition) is 3. The van der Waals surface area contributed by atoms with Crippen LogP contribution in [0.1, 0.15) is 6.42 Å². The van der Waals surface area contributed by atoms with E-state index >= 15 is 0 Å². The topological polar surface area (TPSA) is 39.9 Å². The Morgan fingerprint density at radius 3 is 2.48 bits per heavy atom. The monoisotopic (exact) mass is 273 g/mol. The minimum absolute atomic E-state index is 0.462. The van der Waals surface area contributed by atoms with Gasteiger partial charge in [0.05, 0.1) is 18.0 Å². The minimum atomic E-state index is 0.462. The Bertz CT molecular complexity index is 775. The van der Waals surface area contributed by atoms with Crippen LogP contribution in [0.5, 0.6) is 0 Å². The molecule has 0 atom stereocenters. The molecule has 0 saturated carbocycles. The number of pyridine rings is 1. The summed E-state index contributed by atoms with van der Waals surface area (Å²) in [4.78, 5) is 6.80. The molecule has 3 nitrogen and oxygen atoms in total. The van der Waals surface area contributed by atoms with Crippen LogP contribution < -0.4 is 4.90 Å². The van der Waals surface area contributed by atoms with Crippen LogP contribution in [-0.4, -0.2) is 11.5 Å². The van der Waals surface area contributed by atoms with Gasteiger partial charge in [-0.15, -0.1) is 0 Å². The van der Waals surface area contributed by atoms with Crippen molar-refractivity contribution in [1.29, 1.82) is 5.26 Å². The van der Waals surface area contributed by atoms with Crippen LogP contribution in [0, 0.1) is 11.3 Å². The summed E-state index contributed by atoms with van der Waals surface area (Å²) in [6.45, 7) is 0.631. The average molecular weight is 273 g/mol. The van der Waals surface area contributed by atoms with E-state index < -0.39 is 0 Å². The zero-order valence-corrected chi connectivity index (χ0v) is 11.6. The van der Waals surface area contributed by atoms with Gasteiger partial charge in [0, 0.05) is 17.6 Å². The van der Waals surface area contributed by atoms with E-state index in [1.807, 2.05) is 60.7 Å². The lowest BCUT2D eigenvalue weighted by Gasteiger charge is -2.23. The third-order valence-corrected chi connectivity index (χ3v) is 3.38. The minimum Gasteiger partial charge on any atom is -0.325 e. The van der Waals surface area contributed by atoms with Gasteiger partial charge in [-0.05, 0) is 30.3 Å². The Morgan fingerprint density at radius 1 is 0.905 bits per heavy atom. The maximum atomic E-state index is 8.88. The van der Waals surface area contributed by atoms with Gasteiger partial charge in [-0.3, -0.25) is 0 Å². The molecule has 3 aromatic rings. The van der Waals surface area contributed by atoms with Crippen molar-refractivity contribution in [2.24, 2.45) is 0 Å². The lowest BCUT2D eigenvalue weighted by atomic mass is 10.2. The van der Waals surface area contributed by atoms with Crippen LogP contribution in [0.2, 0.25) is 0 Å². The van der Waals surface area contributed by atoms with Crippen LogP contribution in [-0.2, 0) is 0 Å². The third-order valence-electron chi connectivity index (χ3n) is 3.38. The predicted molar refractivity (Wildman–Crippen MR) is 85.4 cm³/mol. The molecule has 0 saturated heterocycles. The molecule has 3 rings (SSSR count). The first-order chi connectivity index (χ1) is 10.4. The smallest absolute Gasteiger partial charge is 0.133 e. The van der Waals surface area contributed by atoms with E-state index in [1.54, 1.807) is 0 Å². The quantitative estimate of drug-likeness (QED) is 0.712. The molecule has 0 fully saturated rings. The second-order valence-electron chi connectivity index (χ2n) is 4.76. The van der Waals surface area contributed by atoms with Crippen LogP contribution in [0.15, 0.2) is 66.7 Å². The van der Waals surface area contributed by atoms with Gasteiger partial charge in [0.15, 0.2) is 0 Å². The summed E-state index contributed by atoms with van der Waals surface area (Å²) in [5.74, 6) is 0.871. The fourth-order valence-corrected chi connectivity index (χ4v) is 2.35. The molecule has 102 valence electrons. The van der Waals surface area contributed by atoms with Crippen molar-refractivity contribution in [3.05, 3.63) is 66.7 Å². The molecule has 0 unspecified atom stereocenters. The Morgan fingerprint density at radius 2 is 1.67 bits per heavy atom. The molecule has 2 aromatic carbocycles. The van der Waals surface area contributed by atoms with Crippen molar-refractivity contribution in [2.45, 2.75) is 6.42 Å². The second-order valence-corrected chi connectivity index (χ2v) is 4.76. The van der Waals surface area contributed by atoms with Crippen LogP contribution >= 0.6 is 0 Å². The Kier molecular flexibility index (Phi) is 3.79.